The van der Waals surface area contributed by atoms with Gasteiger partial charge in [0.25, 0.3) is 0 Å². The van der Waals surface area contributed by atoms with Gasteiger partial charge in [-0.25, -0.2) is 0 Å². The molecule has 1 aromatic carbocycles. The smallest absolute Gasteiger partial charge is 0.243 e. The number of rotatable bonds is 6. The van der Waals surface area contributed by atoms with Crippen molar-refractivity contribution in [2.24, 2.45) is 5.92 Å². The topological polar surface area (TPSA) is 50.6 Å². The van der Waals surface area contributed by atoms with Crippen LogP contribution >= 0.6 is 0 Å². The lowest BCUT2D eigenvalue weighted by Gasteiger charge is -2.33. The molecule has 160 valence electrons. The van der Waals surface area contributed by atoms with E-state index in [1.54, 1.807) is 7.11 Å². The van der Waals surface area contributed by atoms with E-state index in [0.29, 0.717) is 24.4 Å². The Bertz CT molecular complexity index is 954. The Labute approximate surface area is 178 Å². The number of methoxy groups -OCH3 is 1. The van der Waals surface area contributed by atoms with Crippen LogP contribution in [0.15, 0.2) is 30.5 Å². The number of hydrogen-bond acceptors (Lipinski definition) is 4. The van der Waals surface area contributed by atoms with Crippen molar-refractivity contribution in [3.63, 3.8) is 0 Å². The Morgan fingerprint density at radius 2 is 2.13 bits per heavy atom. The maximum absolute atomic E-state index is 13.8. The summed E-state index contributed by atoms with van der Waals surface area (Å²) in [7, 11) is 1.70. The van der Waals surface area contributed by atoms with Crippen molar-refractivity contribution in [2.75, 3.05) is 20.2 Å². The fourth-order valence-corrected chi connectivity index (χ4v) is 6.27. The summed E-state index contributed by atoms with van der Waals surface area (Å²) in [6.45, 7) is 7.81. The lowest BCUT2D eigenvalue weighted by Crippen LogP contribution is -2.49. The average Bonchev–Trinajstić information content (AvgIpc) is 3.47. The van der Waals surface area contributed by atoms with Gasteiger partial charge in [-0.3, -0.25) is 14.4 Å². The molecule has 5 rings (SSSR count). The van der Waals surface area contributed by atoms with Crippen molar-refractivity contribution in [3.8, 4) is 5.75 Å². The molecule has 3 atom stereocenters. The fraction of sp³-hybridized carbons (Fsp3) is 0.583. The van der Waals surface area contributed by atoms with Gasteiger partial charge >= 0.3 is 0 Å². The summed E-state index contributed by atoms with van der Waals surface area (Å²) in [6.07, 6.45) is 6.27. The minimum Gasteiger partial charge on any atom is -0.496 e. The summed E-state index contributed by atoms with van der Waals surface area (Å²) in [4.78, 5) is 18.4. The zero-order valence-electron chi connectivity index (χ0n) is 18.3. The Balaban J connectivity index is 1.41. The van der Waals surface area contributed by atoms with Gasteiger partial charge in [0.05, 0.1) is 13.3 Å². The van der Waals surface area contributed by atoms with Crippen LogP contribution in [-0.4, -0.2) is 51.2 Å². The second kappa shape index (κ2) is 7.41. The van der Waals surface area contributed by atoms with Crippen LogP contribution in [0.25, 0.3) is 0 Å². The number of benzene rings is 1. The number of nitrogens with zero attached hydrogens (tertiary/aromatic N) is 4. The first-order chi connectivity index (χ1) is 14.6. The lowest BCUT2D eigenvalue weighted by molar-refractivity contribution is -0.137. The summed E-state index contributed by atoms with van der Waals surface area (Å²) in [5.41, 5.74) is 3.36. The number of hydrogen-bond donors (Lipinski definition) is 0. The molecule has 3 fully saturated rings. The third kappa shape index (κ3) is 2.73. The molecule has 0 N–H and O–H groups in total. The molecule has 0 saturated carbocycles. The molecule has 0 unspecified atom stereocenters. The SMILES string of the molecule is CCCn1ncc([C@@H]2C[C@H]3CN(Cc4ccccc4OC)C(=O)[C@]34CCCN24)c1C. The van der Waals surface area contributed by atoms with Gasteiger partial charge in [-0.15, -0.1) is 0 Å². The number of ether oxygens (including phenoxy) is 1. The first-order valence-electron chi connectivity index (χ1n) is 11.3. The van der Waals surface area contributed by atoms with E-state index in [0.717, 1.165) is 56.6 Å². The van der Waals surface area contributed by atoms with Crippen LogP contribution in [0.3, 0.4) is 0 Å². The number of carbonyl (C=O) groups is 1. The van der Waals surface area contributed by atoms with Gasteiger partial charge in [-0.2, -0.15) is 5.10 Å². The van der Waals surface area contributed by atoms with Gasteiger partial charge in [-0.1, -0.05) is 25.1 Å². The number of likely N-dealkylation sites (tertiary alicyclic amines) is 1. The highest BCUT2D eigenvalue weighted by molar-refractivity contribution is 5.90. The summed E-state index contributed by atoms with van der Waals surface area (Å²) >= 11 is 0. The maximum atomic E-state index is 13.8. The van der Waals surface area contributed by atoms with Gasteiger partial charge in [0.1, 0.15) is 11.3 Å². The number of aryl methyl sites for hydroxylation is 1. The van der Waals surface area contributed by atoms with E-state index in [1.165, 1.54) is 11.3 Å². The standard InChI is InChI=1S/C24H32N4O2/c1-4-11-28-17(2)20(14-25-28)21-13-19-16-26(15-18-8-5-6-9-22(18)30-3)23(29)24(19)10-7-12-27(21)24/h5-6,8-9,14,19,21H,4,7,10-13,15-16H2,1-3H3/t19-,21-,24-/m0/s1. The molecule has 1 amide bonds. The molecular formula is C24H32N4O2. The molecule has 0 bridgehead atoms. The van der Waals surface area contributed by atoms with Crippen molar-refractivity contribution in [1.82, 2.24) is 19.6 Å². The van der Waals surface area contributed by atoms with Crippen molar-refractivity contribution < 1.29 is 9.53 Å². The molecule has 3 saturated heterocycles. The van der Waals surface area contributed by atoms with Gasteiger partial charge in [0.2, 0.25) is 5.91 Å². The van der Waals surface area contributed by atoms with E-state index in [-0.39, 0.29) is 5.54 Å². The molecular weight excluding hydrogens is 376 g/mol. The molecule has 6 heteroatoms. The predicted octanol–water partition coefficient (Wildman–Crippen LogP) is 3.55. The second-order valence-electron chi connectivity index (χ2n) is 9.08. The molecule has 1 spiro atoms. The average molecular weight is 409 g/mol. The molecule has 30 heavy (non-hydrogen) atoms. The summed E-state index contributed by atoms with van der Waals surface area (Å²) in [5, 5.41) is 4.65. The van der Waals surface area contributed by atoms with Gasteiger partial charge in [-0.05, 0) is 45.2 Å². The molecule has 3 aliphatic rings. The summed E-state index contributed by atoms with van der Waals surface area (Å²) in [6, 6.07) is 8.36. The Kier molecular flexibility index (Phi) is 4.85. The van der Waals surface area contributed by atoms with Crippen molar-refractivity contribution in [2.45, 2.75) is 64.2 Å². The van der Waals surface area contributed by atoms with Crippen LogP contribution in [0.2, 0.25) is 0 Å². The molecule has 0 aliphatic carbocycles. The normalized spacial score (nSPS) is 28.2. The van der Waals surface area contributed by atoms with Crippen LogP contribution < -0.4 is 4.74 Å². The molecule has 0 radical (unpaired) electrons. The lowest BCUT2D eigenvalue weighted by atomic mass is 9.85. The van der Waals surface area contributed by atoms with Crippen LogP contribution in [0.1, 0.15) is 55.5 Å². The molecule has 1 aromatic heterocycles. The van der Waals surface area contributed by atoms with Crippen molar-refractivity contribution in [3.05, 3.63) is 47.3 Å². The van der Waals surface area contributed by atoms with Crippen LogP contribution in [-0.2, 0) is 17.9 Å². The van der Waals surface area contributed by atoms with Gasteiger partial charge in [0.15, 0.2) is 0 Å². The van der Waals surface area contributed by atoms with Crippen LogP contribution in [0.5, 0.6) is 5.75 Å². The van der Waals surface area contributed by atoms with E-state index in [2.05, 4.69) is 45.7 Å². The Morgan fingerprint density at radius 1 is 1.30 bits per heavy atom. The molecule has 6 nitrogen and oxygen atoms in total. The predicted molar refractivity (Wildman–Crippen MR) is 115 cm³/mol. The Hall–Kier alpha value is -2.34. The van der Waals surface area contributed by atoms with Gasteiger partial charge < -0.3 is 9.64 Å². The van der Waals surface area contributed by atoms with E-state index in [1.807, 2.05) is 18.2 Å². The van der Waals surface area contributed by atoms with Crippen molar-refractivity contribution >= 4 is 5.91 Å². The first-order valence-corrected chi connectivity index (χ1v) is 11.3. The van der Waals surface area contributed by atoms with E-state index < -0.39 is 0 Å². The summed E-state index contributed by atoms with van der Waals surface area (Å²) in [5.74, 6) is 1.57. The fourth-order valence-electron chi connectivity index (χ4n) is 6.27. The zero-order chi connectivity index (χ0) is 20.9. The highest BCUT2D eigenvalue weighted by Crippen LogP contribution is 2.56. The number of aromatic nitrogens is 2. The van der Waals surface area contributed by atoms with Crippen LogP contribution in [0, 0.1) is 12.8 Å². The van der Waals surface area contributed by atoms with Gasteiger partial charge in [0, 0.05) is 48.4 Å². The Morgan fingerprint density at radius 3 is 2.93 bits per heavy atom. The van der Waals surface area contributed by atoms with E-state index in [9.17, 15) is 4.79 Å². The monoisotopic (exact) mass is 408 g/mol. The van der Waals surface area contributed by atoms with Crippen LogP contribution in [0.4, 0.5) is 0 Å². The second-order valence-corrected chi connectivity index (χ2v) is 9.08. The molecule has 3 aliphatic heterocycles. The highest BCUT2D eigenvalue weighted by Gasteiger charge is 2.65. The third-order valence-corrected chi connectivity index (χ3v) is 7.62. The zero-order valence-corrected chi connectivity index (χ0v) is 18.3. The number of para-hydroxylation sites is 1. The minimum absolute atomic E-state index is 0.314. The minimum atomic E-state index is -0.314. The summed E-state index contributed by atoms with van der Waals surface area (Å²) < 4.78 is 7.65. The third-order valence-electron chi connectivity index (χ3n) is 7.62. The number of carbonyl (C=O) groups excluding carboxylic acids is 1. The molecule has 2 aromatic rings. The highest BCUT2D eigenvalue weighted by atomic mass is 16.5. The first kappa shape index (κ1) is 19.6. The molecule has 4 heterocycles. The number of amides is 1. The largest absolute Gasteiger partial charge is 0.496 e. The quantitative estimate of drug-likeness (QED) is 0.734. The van der Waals surface area contributed by atoms with E-state index in [4.69, 9.17) is 4.74 Å². The van der Waals surface area contributed by atoms with E-state index >= 15 is 0 Å². The van der Waals surface area contributed by atoms with Crippen molar-refractivity contribution in [1.29, 1.82) is 0 Å². The maximum Gasteiger partial charge on any atom is 0.243 e.